The minimum absolute atomic E-state index is 0.0133. The number of nitrogens with two attached hydrogens (primary N) is 1. The zero-order chi connectivity index (χ0) is 25.8. The summed E-state index contributed by atoms with van der Waals surface area (Å²) < 4.78 is 19.9. The SMILES string of the molecule is COc1cc(C)cc2cc(-c3nc([C@H]4CCN(C(=O)OC(C)(C)C)C4)n4c(OC)cnc(N)c34)sc12. The highest BCUT2D eigenvalue weighted by molar-refractivity contribution is 7.22. The molecule has 190 valence electrons. The first-order valence-corrected chi connectivity index (χ1v) is 12.7. The minimum Gasteiger partial charge on any atom is -0.495 e. The molecule has 1 fully saturated rings. The molecule has 1 saturated heterocycles. The van der Waals surface area contributed by atoms with Crippen LogP contribution in [0.3, 0.4) is 0 Å². The van der Waals surface area contributed by atoms with Crippen molar-refractivity contribution >= 4 is 38.9 Å². The second kappa shape index (κ2) is 8.85. The molecule has 10 heteroatoms. The summed E-state index contributed by atoms with van der Waals surface area (Å²) in [4.78, 5) is 24.9. The zero-order valence-corrected chi connectivity index (χ0v) is 22.2. The number of hydrogen-bond acceptors (Lipinski definition) is 8. The van der Waals surface area contributed by atoms with Gasteiger partial charge in [-0.1, -0.05) is 6.07 Å². The smallest absolute Gasteiger partial charge is 0.410 e. The van der Waals surface area contributed by atoms with Crippen molar-refractivity contribution in [3.8, 4) is 22.2 Å². The average molecular weight is 510 g/mol. The number of rotatable bonds is 4. The van der Waals surface area contributed by atoms with E-state index in [1.54, 1.807) is 36.7 Å². The molecule has 1 aromatic carbocycles. The summed E-state index contributed by atoms with van der Waals surface area (Å²) in [5, 5.41) is 1.08. The number of methoxy groups -OCH3 is 2. The van der Waals surface area contributed by atoms with Crippen LogP contribution in [0.1, 0.15) is 44.5 Å². The van der Waals surface area contributed by atoms with Gasteiger partial charge in [0, 0.05) is 19.0 Å². The van der Waals surface area contributed by atoms with Crippen LogP contribution < -0.4 is 15.2 Å². The molecule has 1 aliphatic heterocycles. The Morgan fingerprint density at radius 1 is 1.19 bits per heavy atom. The van der Waals surface area contributed by atoms with E-state index in [0.717, 1.165) is 44.2 Å². The van der Waals surface area contributed by atoms with Gasteiger partial charge in [0.2, 0.25) is 5.88 Å². The summed E-state index contributed by atoms with van der Waals surface area (Å²) in [6, 6.07) is 6.28. The lowest BCUT2D eigenvalue weighted by atomic mass is 10.1. The molecule has 0 unspecified atom stereocenters. The third-order valence-corrected chi connectivity index (χ3v) is 7.45. The number of nitrogen functional groups attached to an aromatic ring is 1. The molecule has 0 bridgehead atoms. The highest BCUT2D eigenvalue weighted by Crippen LogP contribution is 2.43. The fourth-order valence-electron chi connectivity index (χ4n) is 4.73. The second-order valence-corrected chi connectivity index (χ2v) is 11.1. The van der Waals surface area contributed by atoms with Crippen LogP contribution in [0.25, 0.3) is 26.2 Å². The number of carbonyl (C=O) groups is 1. The van der Waals surface area contributed by atoms with Crippen LogP contribution in [0.2, 0.25) is 0 Å². The van der Waals surface area contributed by atoms with Crippen LogP contribution in [-0.4, -0.2) is 58.3 Å². The number of aryl methyl sites for hydroxylation is 1. The number of hydrogen-bond donors (Lipinski definition) is 1. The van der Waals surface area contributed by atoms with Crippen LogP contribution in [0.5, 0.6) is 11.6 Å². The number of amides is 1. The van der Waals surface area contributed by atoms with E-state index < -0.39 is 5.60 Å². The number of carbonyl (C=O) groups excluding carboxylic acids is 1. The number of benzene rings is 1. The van der Waals surface area contributed by atoms with Crippen molar-refractivity contribution in [1.82, 2.24) is 19.3 Å². The van der Waals surface area contributed by atoms with Gasteiger partial charge < -0.3 is 24.8 Å². The molecular weight excluding hydrogens is 478 g/mol. The van der Waals surface area contributed by atoms with Gasteiger partial charge in [-0.3, -0.25) is 4.40 Å². The van der Waals surface area contributed by atoms with Crippen molar-refractivity contribution in [2.24, 2.45) is 0 Å². The van der Waals surface area contributed by atoms with E-state index >= 15 is 0 Å². The van der Waals surface area contributed by atoms with Gasteiger partial charge >= 0.3 is 6.09 Å². The highest BCUT2D eigenvalue weighted by Gasteiger charge is 2.34. The van der Waals surface area contributed by atoms with Crippen LogP contribution in [0, 0.1) is 6.92 Å². The van der Waals surface area contributed by atoms with Gasteiger partial charge in [-0.05, 0) is 57.2 Å². The lowest BCUT2D eigenvalue weighted by Crippen LogP contribution is -2.35. The number of fused-ring (bicyclic) bond motifs is 2. The Balaban J connectivity index is 1.62. The second-order valence-electron chi connectivity index (χ2n) is 10.1. The average Bonchev–Trinajstić information content (AvgIpc) is 3.54. The first-order chi connectivity index (χ1) is 17.1. The van der Waals surface area contributed by atoms with Crippen LogP contribution in [-0.2, 0) is 4.74 Å². The summed E-state index contributed by atoms with van der Waals surface area (Å²) in [6.45, 7) is 8.75. The van der Waals surface area contributed by atoms with Crippen molar-refractivity contribution in [3.63, 3.8) is 0 Å². The van der Waals surface area contributed by atoms with Crippen molar-refractivity contribution in [3.05, 3.63) is 35.8 Å². The number of imidazole rings is 1. The van der Waals surface area contributed by atoms with E-state index in [0.29, 0.717) is 30.3 Å². The van der Waals surface area contributed by atoms with Gasteiger partial charge in [0.1, 0.15) is 34.2 Å². The maximum atomic E-state index is 12.7. The number of ether oxygens (including phenoxy) is 3. The molecule has 0 spiro atoms. The summed E-state index contributed by atoms with van der Waals surface area (Å²) in [5.74, 6) is 2.51. The van der Waals surface area contributed by atoms with Gasteiger partial charge in [-0.15, -0.1) is 11.3 Å². The Kier molecular flexibility index (Phi) is 5.94. The molecule has 4 aromatic rings. The predicted molar refractivity (Wildman–Crippen MR) is 141 cm³/mol. The largest absolute Gasteiger partial charge is 0.495 e. The molecule has 1 aliphatic rings. The maximum absolute atomic E-state index is 12.7. The monoisotopic (exact) mass is 509 g/mol. The first kappa shape index (κ1) is 24.2. The number of aromatic nitrogens is 3. The number of thiophene rings is 1. The van der Waals surface area contributed by atoms with Crippen LogP contribution in [0.4, 0.5) is 10.6 Å². The van der Waals surface area contributed by atoms with E-state index in [4.69, 9.17) is 24.9 Å². The molecule has 0 saturated carbocycles. The Morgan fingerprint density at radius 3 is 2.67 bits per heavy atom. The third-order valence-electron chi connectivity index (χ3n) is 6.27. The number of anilines is 1. The molecule has 36 heavy (non-hydrogen) atoms. The Labute approximate surface area is 213 Å². The molecule has 1 amide bonds. The quantitative estimate of drug-likeness (QED) is 0.401. The van der Waals surface area contributed by atoms with E-state index in [1.165, 1.54) is 0 Å². The fourth-order valence-corrected chi connectivity index (χ4v) is 5.85. The minimum atomic E-state index is -0.549. The van der Waals surface area contributed by atoms with Gasteiger partial charge in [-0.25, -0.2) is 14.8 Å². The Morgan fingerprint density at radius 2 is 1.97 bits per heavy atom. The molecule has 9 nitrogen and oxygen atoms in total. The maximum Gasteiger partial charge on any atom is 0.410 e. The van der Waals surface area contributed by atoms with E-state index in [-0.39, 0.29) is 12.0 Å². The normalized spacial score (nSPS) is 16.2. The molecule has 2 N–H and O–H groups in total. The predicted octanol–water partition coefficient (Wildman–Crippen LogP) is 5.24. The van der Waals surface area contributed by atoms with Crippen LogP contribution >= 0.6 is 11.3 Å². The summed E-state index contributed by atoms with van der Waals surface area (Å²) in [5.41, 5.74) is 8.43. The van der Waals surface area contributed by atoms with Crippen molar-refractivity contribution in [1.29, 1.82) is 0 Å². The van der Waals surface area contributed by atoms with Crippen LogP contribution in [0.15, 0.2) is 24.4 Å². The topological polar surface area (TPSA) is 104 Å². The van der Waals surface area contributed by atoms with E-state index in [9.17, 15) is 4.79 Å². The lowest BCUT2D eigenvalue weighted by molar-refractivity contribution is 0.0292. The van der Waals surface area contributed by atoms with Gasteiger partial charge in [0.25, 0.3) is 0 Å². The molecular formula is C26H31N5O4S. The molecule has 0 radical (unpaired) electrons. The zero-order valence-electron chi connectivity index (χ0n) is 21.4. The standard InChI is InChI=1S/C26H31N5O4S/c1-14-9-16-11-18(36-22(16)17(10-14)33-5)20-21-23(27)28-12-19(34-6)31(21)24(29-20)15-7-8-30(13-15)25(32)35-26(2,3)4/h9-12,15H,7-8,13H2,1-6H3,(H2,27,28)/t15-/m0/s1. The Bertz CT molecular complexity index is 1470. The van der Waals surface area contributed by atoms with Gasteiger partial charge in [0.15, 0.2) is 0 Å². The van der Waals surface area contributed by atoms with Gasteiger partial charge in [-0.2, -0.15) is 0 Å². The molecule has 4 heterocycles. The summed E-state index contributed by atoms with van der Waals surface area (Å²) in [7, 11) is 3.28. The van der Waals surface area contributed by atoms with E-state index in [1.807, 2.05) is 38.2 Å². The molecule has 3 aromatic heterocycles. The number of likely N-dealkylation sites (tertiary alicyclic amines) is 1. The number of nitrogens with zero attached hydrogens (tertiary/aromatic N) is 4. The Hall–Kier alpha value is -3.53. The summed E-state index contributed by atoms with van der Waals surface area (Å²) >= 11 is 1.61. The molecule has 5 rings (SSSR count). The molecule has 1 atom stereocenters. The lowest BCUT2D eigenvalue weighted by Gasteiger charge is -2.24. The third kappa shape index (κ3) is 4.19. The van der Waals surface area contributed by atoms with Crippen molar-refractivity contribution < 1.29 is 19.0 Å². The summed E-state index contributed by atoms with van der Waals surface area (Å²) in [6.07, 6.45) is 2.05. The van der Waals surface area contributed by atoms with Crippen molar-refractivity contribution in [2.45, 2.75) is 45.6 Å². The van der Waals surface area contributed by atoms with Crippen molar-refractivity contribution in [2.75, 3.05) is 33.0 Å². The molecule has 0 aliphatic carbocycles. The first-order valence-electron chi connectivity index (χ1n) is 11.9. The van der Waals surface area contributed by atoms with E-state index in [2.05, 4.69) is 17.1 Å². The highest BCUT2D eigenvalue weighted by atomic mass is 32.1. The van der Waals surface area contributed by atoms with Gasteiger partial charge in [0.05, 0.1) is 30.0 Å². The fraction of sp³-hybridized carbons (Fsp3) is 0.423.